The largest absolute Gasteiger partial charge is 0.481 e. The van der Waals surface area contributed by atoms with Gasteiger partial charge in [0, 0.05) is 31.4 Å². The van der Waals surface area contributed by atoms with E-state index in [1.165, 1.54) is 4.88 Å². The molecular formula is C21H30IN5O2S. The fourth-order valence-electron chi connectivity index (χ4n) is 3.15. The Hall–Kier alpha value is -2.01. The third-order valence-electron chi connectivity index (χ3n) is 4.58. The molecule has 0 amide bonds. The molecule has 0 saturated heterocycles. The molecule has 0 aliphatic rings. The molecule has 9 heteroatoms. The van der Waals surface area contributed by atoms with E-state index in [4.69, 9.17) is 14.1 Å². The first kappa shape index (κ1) is 24.3. The van der Waals surface area contributed by atoms with E-state index in [9.17, 15) is 0 Å². The highest BCUT2D eigenvalue weighted by molar-refractivity contribution is 14.0. The summed E-state index contributed by atoms with van der Waals surface area (Å²) in [6, 6.07) is 8.13. The van der Waals surface area contributed by atoms with Crippen molar-refractivity contribution < 1.29 is 9.15 Å². The Morgan fingerprint density at radius 1 is 1.23 bits per heavy atom. The van der Waals surface area contributed by atoms with Crippen LogP contribution in [0.15, 0.2) is 45.3 Å². The first-order valence-corrected chi connectivity index (χ1v) is 10.7. The predicted octanol–water partition coefficient (Wildman–Crippen LogP) is 3.78. The van der Waals surface area contributed by atoms with E-state index in [0.29, 0.717) is 6.54 Å². The van der Waals surface area contributed by atoms with Crippen LogP contribution in [0, 0.1) is 0 Å². The number of furan rings is 1. The first-order valence-electron chi connectivity index (χ1n) is 9.87. The molecule has 0 aromatic carbocycles. The maximum Gasteiger partial charge on any atom is 0.216 e. The van der Waals surface area contributed by atoms with Gasteiger partial charge in [0.05, 0.1) is 31.2 Å². The third-order valence-corrected chi connectivity index (χ3v) is 5.52. The first-order chi connectivity index (χ1) is 14.2. The molecule has 0 fully saturated rings. The van der Waals surface area contributed by atoms with Crippen LogP contribution in [0.4, 0.5) is 0 Å². The Morgan fingerprint density at radius 3 is 2.67 bits per heavy atom. The molecular weight excluding hydrogens is 513 g/mol. The van der Waals surface area contributed by atoms with Crippen LogP contribution in [0.2, 0.25) is 0 Å². The molecule has 0 unspecified atom stereocenters. The van der Waals surface area contributed by atoms with Gasteiger partial charge in [-0.25, -0.2) is 9.67 Å². The molecule has 0 atom stereocenters. The Kier molecular flexibility index (Phi) is 10.2. The van der Waals surface area contributed by atoms with E-state index < -0.39 is 0 Å². The lowest BCUT2D eigenvalue weighted by Gasteiger charge is -2.12. The molecule has 0 radical (unpaired) electrons. The standard InChI is InChI=1S/C21H29N5O2S.HI/c1-4-19-18(20(27-3)26(2)25-19)15-24-21(22-11-9-16-7-5-13-28-16)23-12-10-17-8-6-14-29-17;/h5-8,13-14H,4,9-12,15H2,1-3H3,(H2,22,23,24);1H. The summed E-state index contributed by atoms with van der Waals surface area (Å²) in [5, 5.41) is 13.5. The van der Waals surface area contributed by atoms with Gasteiger partial charge in [-0.05, 0) is 36.4 Å². The molecule has 7 nitrogen and oxygen atoms in total. The van der Waals surface area contributed by atoms with E-state index in [0.717, 1.165) is 61.2 Å². The van der Waals surface area contributed by atoms with Crippen LogP contribution < -0.4 is 15.4 Å². The Bertz CT molecular complexity index is 849. The van der Waals surface area contributed by atoms with Crippen LogP contribution in [0.1, 0.15) is 28.8 Å². The van der Waals surface area contributed by atoms with Crippen molar-refractivity contribution in [3.8, 4) is 5.88 Å². The van der Waals surface area contributed by atoms with Crippen molar-refractivity contribution in [2.45, 2.75) is 32.7 Å². The second kappa shape index (κ2) is 12.6. The van der Waals surface area contributed by atoms with E-state index in [2.05, 4.69) is 40.2 Å². The van der Waals surface area contributed by atoms with Gasteiger partial charge in [0.2, 0.25) is 5.88 Å². The lowest BCUT2D eigenvalue weighted by Crippen LogP contribution is -2.39. The minimum absolute atomic E-state index is 0. The van der Waals surface area contributed by atoms with Crippen LogP contribution in [0.25, 0.3) is 0 Å². The number of halogens is 1. The minimum Gasteiger partial charge on any atom is -0.481 e. The number of hydrogen-bond donors (Lipinski definition) is 2. The molecule has 164 valence electrons. The fourth-order valence-corrected chi connectivity index (χ4v) is 3.86. The molecule has 3 aromatic rings. The summed E-state index contributed by atoms with van der Waals surface area (Å²) in [5.74, 6) is 2.50. The van der Waals surface area contributed by atoms with Crippen LogP contribution >= 0.6 is 35.3 Å². The van der Waals surface area contributed by atoms with Crippen LogP contribution in [0.3, 0.4) is 0 Å². The van der Waals surface area contributed by atoms with Gasteiger partial charge in [0.25, 0.3) is 0 Å². The van der Waals surface area contributed by atoms with Crippen molar-refractivity contribution in [2.75, 3.05) is 20.2 Å². The summed E-state index contributed by atoms with van der Waals surface area (Å²) in [4.78, 5) is 6.15. The highest BCUT2D eigenvalue weighted by Gasteiger charge is 2.15. The summed E-state index contributed by atoms with van der Waals surface area (Å²) in [6.07, 6.45) is 4.31. The summed E-state index contributed by atoms with van der Waals surface area (Å²) in [6.45, 7) is 4.16. The minimum atomic E-state index is 0. The van der Waals surface area contributed by atoms with Crippen LogP contribution in [0.5, 0.6) is 5.88 Å². The highest BCUT2D eigenvalue weighted by Crippen LogP contribution is 2.22. The average molecular weight is 543 g/mol. The van der Waals surface area contributed by atoms with Crippen LogP contribution in [-0.2, 0) is 32.9 Å². The van der Waals surface area contributed by atoms with Gasteiger partial charge in [-0.3, -0.25) is 0 Å². The Morgan fingerprint density at radius 2 is 2.03 bits per heavy atom. The molecule has 0 aliphatic carbocycles. The van der Waals surface area contributed by atoms with Crippen molar-refractivity contribution in [1.29, 1.82) is 0 Å². The van der Waals surface area contributed by atoms with Gasteiger partial charge in [-0.15, -0.1) is 35.3 Å². The van der Waals surface area contributed by atoms with Crippen molar-refractivity contribution in [3.05, 3.63) is 57.8 Å². The zero-order chi connectivity index (χ0) is 20.5. The lowest BCUT2D eigenvalue weighted by molar-refractivity contribution is 0.369. The van der Waals surface area contributed by atoms with Crippen LogP contribution in [-0.4, -0.2) is 35.9 Å². The van der Waals surface area contributed by atoms with Crippen molar-refractivity contribution in [2.24, 2.45) is 12.0 Å². The number of thiophene rings is 1. The SMILES string of the molecule is CCc1nn(C)c(OC)c1CN=C(NCCc1ccco1)NCCc1cccs1.I. The van der Waals surface area contributed by atoms with Crippen molar-refractivity contribution in [3.63, 3.8) is 0 Å². The number of aryl methyl sites for hydroxylation is 2. The Balaban J connectivity index is 0.00000320. The van der Waals surface area contributed by atoms with Gasteiger partial charge >= 0.3 is 0 Å². The number of guanidine groups is 1. The van der Waals surface area contributed by atoms with Crippen molar-refractivity contribution >= 4 is 41.3 Å². The number of ether oxygens (including phenoxy) is 1. The number of methoxy groups -OCH3 is 1. The van der Waals surface area contributed by atoms with E-state index in [-0.39, 0.29) is 24.0 Å². The maximum absolute atomic E-state index is 5.53. The van der Waals surface area contributed by atoms with E-state index >= 15 is 0 Å². The molecule has 0 bridgehead atoms. The quantitative estimate of drug-likeness (QED) is 0.231. The Labute approximate surface area is 198 Å². The lowest BCUT2D eigenvalue weighted by atomic mass is 10.2. The summed E-state index contributed by atoms with van der Waals surface area (Å²) >= 11 is 1.77. The summed E-state index contributed by atoms with van der Waals surface area (Å²) < 4.78 is 12.7. The number of hydrogen-bond acceptors (Lipinski definition) is 5. The number of rotatable bonds is 10. The van der Waals surface area contributed by atoms with Gasteiger partial charge in [0.1, 0.15) is 5.76 Å². The number of nitrogens with zero attached hydrogens (tertiary/aromatic N) is 3. The zero-order valence-electron chi connectivity index (χ0n) is 17.7. The topological polar surface area (TPSA) is 76.6 Å². The monoisotopic (exact) mass is 543 g/mol. The molecule has 0 spiro atoms. The molecule has 0 aliphatic heterocycles. The average Bonchev–Trinajstić information content (AvgIpc) is 3.47. The molecule has 30 heavy (non-hydrogen) atoms. The summed E-state index contributed by atoms with van der Waals surface area (Å²) in [7, 11) is 3.57. The number of nitrogens with one attached hydrogen (secondary N) is 2. The molecule has 2 N–H and O–H groups in total. The normalized spacial score (nSPS) is 11.2. The zero-order valence-corrected chi connectivity index (χ0v) is 20.8. The highest BCUT2D eigenvalue weighted by atomic mass is 127. The molecule has 3 aromatic heterocycles. The third kappa shape index (κ3) is 6.76. The predicted molar refractivity (Wildman–Crippen MR) is 132 cm³/mol. The van der Waals surface area contributed by atoms with Gasteiger partial charge in [-0.2, -0.15) is 5.10 Å². The van der Waals surface area contributed by atoms with Crippen molar-refractivity contribution in [1.82, 2.24) is 20.4 Å². The van der Waals surface area contributed by atoms with E-state index in [1.807, 2.05) is 19.2 Å². The van der Waals surface area contributed by atoms with Gasteiger partial charge in [0.15, 0.2) is 5.96 Å². The second-order valence-corrected chi connectivity index (χ2v) is 7.62. The number of aliphatic imine (C=N–C) groups is 1. The van der Waals surface area contributed by atoms with Gasteiger partial charge < -0.3 is 19.8 Å². The molecule has 3 rings (SSSR count). The van der Waals surface area contributed by atoms with E-state index in [1.54, 1.807) is 29.4 Å². The second-order valence-electron chi connectivity index (χ2n) is 6.59. The molecule has 0 saturated carbocycles. The smallest absolute Gasteiger partial charge is 0.216 e. The van der Waals surface area contributed by atoms with Gasteiger partial charge in [-0.1, -0.05) is 13.0 Å². The molecule has 3 heterocycles. The fraction of sp³-hybridized carbons (Fsp3) is 0.429. The number of aromatic nitrogens is 2. The maximum atomic E-state index is 5.53. The summed E-state index contributed by atoms with van der Waals surface area (Å²) in [5.41, 5.74) is 2.05.